The molecule has 0 saturated carbocycles. The second kappa shape index (κ2) is 21.2. The molecule has 2 aliphatic rings. The van der Waals surface area contributed by atoms with Crippen molar-refractivity contribution in [3.63, 3.8) is 0 Å². The summed E-state index contributed by atoms with van der Waals surface area (Å²) in [5.74, 6) is 2.23. The van der Waals surface area contributed by atoms with E-state index in [-0.39, 0.29) is 25.5 Å². The summed E-state index contributed by atoms with van der Waals surface area (Å²) >= 11 is 0. The molecule has 2 unspecified atom stereocenters. The SMILES string of the molecule is COc1ccc(C(OC[C@H]2O[C@@H](n3ccc(N=C(C)N4CCOCC4)nc3=O)CC2OP(OCCC#N)C(N(C)C)N(C)C)(c2ccccc2)c2ccc(OC)cc2)cc1. The zero-order valence-corrected chi connectivity index (χ0v) is 36.4. The number of aromatic nitrogens is 2. The fourth-order valence-electron chi connectivity index (χ4n) is 7.53. The molecule has 4 aromatic rings. The monoisotopic (exact) mass is 841 g/mol. The van der Waals surface area contributed by atoms with Crippen LogP contribution in [0.1, 0.15) is 42.7 Å². The Labute approximate surface area is 353 Å². The van der Waals surface area contributed by atoms with E-state index in [1.807, 2.05) is 124 Å². The van der Waals surface area contributed by atoms with Crippen LogP contribution in [0.3, 0.4) is 0 Å². The maximum absolute atomic E-state index is 13.8. The van der Waals surface area contributed by atoms with E-state index in [4.69, 9.17) is 32.7 Å². The first-order valence-corrected chi connectivity index (χ1v) is 21.2. The zero-order valence-electron chi connectivity index (χ0n) is 35.5. The van der Waals surface area contributed by atoms with Crippen molar-refractivity contribution < 1.29 is 32.7 Å². The van der Waals surface area contributed by atoms with Crippen molar-refractivity contribution >= 4 is 20.0 Å². The Morgan fingerprint density at radius 2 is 1.53 bits per heavy atom. The number of hydrogen-bond acceptors (Lipinski definition) is 13. The van der Waals surface area contributed by atoms with Gasteiger partial charge in [-0.05, 0) is 82.1 Å². The van der Waals surface area contributed by atoms with Gasteiger partial charge in [-0.15, -0.1) is 0 Å². The highest BCUT2D eigenvalue weighted by Crippen LogP contribution is 2.50. The van der Waals surface area contributed by atoms with Gasteiger partial charge < -0.3 is 37.6 Å². The van der Waals surface area contributed by atoms with E-state index in [9.17, 15) is 10.1 Å². The molecule has 4 atom stereocenters. The molecule has 2 fully saturated rings. The lowest BCUT2D eigenvalue weighted by Crippen LogP contribution is -2.42. The number of amidine groups is 1. The second-order valence-electron chi connectivity index (χ2n) is 14.9. The molecule has 2 aliphatic heterocycles. The number of rotatable bonds is 18. The minimum absolute atomic E-state index is 0.0490. The van der Waals surface area contributed by atoms with Gasteiger partial charge in [0.05, 0.1) is 59.2 Å². The van der Waals surface area contributed by atoms with Crippen LogP contribution in [0.5, 0.6) is 11.5 Å². The van der Waals surface area contributed by atoms with Crippen LogP contribution in [0.2, 0.25) is 0 Å². The van der Waals surface area contributed by atoms with E-state index >= 15 is 0 Å². The van der Waals surface area contributed by atoms with Crippen molar-refractivity contribution in [2.45, 2.75) is 49.7 Å². The van der Waals surface area contributed by atoms with E-state index in [1.54, 1.807) is 26.5 Å². The first-order chi connectivity index (χ1) is 29.1. The Hall–Kier alpha value is -4.75. The summed E-state index contributed by atoms with van der Waals surface area (Å²) in [6, 6.07) is 29.6. The molecule has 0 spiro atoms. The lowest BCUT2D eigenvalue weighted by molar-refractivity contribution is -0.0922. The predicted octanol–water partition coefficient (Wildman–Crippen LogP) is 5.97. The molecular weight excluding hydrogens is 785 g/mol. The van der Waals surface area contributed by atoms with Gasteiger partial charge in [0.2, 0.25) is 8.38 Å². The molecule has 60 heavy (non-hydrogen) atoms. The highest BCUT2D eigenvalue weighted by atomic mass is 31.2. The Bertz CT molecular complexity index is 2040. The third kappa shape index (κ3) is 10.6. The Morgan fingerprint density at radius 3 is 2.08 bits per heavy atom. The summed E-state index contributed by atoms with van der Waals surface area (Å²) in [7, 11) is 9.46. The van der Waals surface area contributed by atoms with E-state index in [1.165, 1.54) is 4.57 Å². The summed E-state index contributed by atoms with van der Waals surface area (Å²) < 4.78 is 45.5. The normalized spacial score (nSPS) is 19.2. The third-order valence-corrected chi connectivity index (χ3v) is 12.7. The highest BCUT2D eigenvalue weighted by Gasteiger charge is 2.45. The highest BCUT2D eigenvalue weighted by molar-refractivity contribution is 7.47. The van der Waals surface area contributed by atoms with Crippen molar-refractivity contribution in [2.75, 3.05) is 81.9 Å². The second-order valence-corrected chi connectivity index (χ2v) is 16.4. The predicted molar refractivity (Wildman–Crippen MR) is 230 cm³/mol. The minimum Gasteiger partial charge on any atom is -0.497 e. The standard InChI is InChI=1S/C44H56N7O8P/c1-32(50-25-28-55-29-26-50)46-40-22-24-51(42(52)47-40)41-30-38(59-60(57-27-11-23-45)43(48(2)3)49(4)5)39(58-41)31-56-44(33-12-9-8-10-13-33,34-14-18-36(53-6)19-15-34)35-16-20-37(54-7)21-17-35/h8-10,12-22,24,38-39,41,43H,11,25-31H2,1-7H3/t38?,39-,41-,60?/m1/s1. The molecule has 0 N–H and O–H groups in total. The number of morpholine rings is 1. The van der Waals surface area contributed by atoms with Gasteiger partial charge in [0, 0.05) is 25.7 Å². The molecule has 2 saturated heterocycles. The van der Waals surface area contributed by atoms with E-state index in [0.717, 1.165) is 35.6 Å². The van der Waals surface area contributed by atoms with Crippen LogP contribution >= 0.6 is 8.38 Å². The number of hydrogen-bond donors (Lipinski definition) is 0. The molecule has 0 aliphatic carbocycles. The van der Waals surface area contributed by atoms with Crippen molar-refractivity contribution in [1.82, 2.24) is 24.3 Å². The smallest absolute Gasteiger partial charge is 0.351 e. The Morgan fingerprint density at radius 1 is 0.933 bits per heavy atom. The maximum atomic E-state index is 13.8. The van der Waals surface area contributed by atoms with Crippen molar-refractivity contribution in [3.8, 4) is 17.6 Å². The molecule has 0 amide bonds. The number of nitrogens with zero attached hydrogens (tertiary/aromatic N) is 7. The van der Waals surface area contributed by atoms with Gasteiger partial charge in [-0.1, -0.05) is 54.6 Å². The lowest BCUT2D eigenvalue weighted by atomic mass is 9.80. The third-order valence-electron chi connectivity index (χ3n) is 10.5. The van der Waals surface area contributed by atoms with Crippen molar-refractivity contribution in [2.24, 2.45) is 4.99 Å². The summed E-state index contributed by atoms with van der Waals surface area (Å²) in [5.41, 5.74) is 0.972. The van der Waals surface area contributed by atoms with Gasteiger partial charge in [0.15, 0.2) is 5.82 Å². The quantitative estimate of drug-likeness (QED) is 0.0290. The number of ether oxygens (including phenoxy) is 5. The molecule has 0 bridgehead atoms. The lowest BCUT2D eigenvalue weighted by Gasteiger charge is -2.38. The van der Waals surface area contributed by atoms with Gasteiger partial charge in [0.1, 0.15) is 41.2 Å². The van der Waals surface area contributed by atoms with Crippen LogP contribution < -0.4 is 15.2 Å². The zero-order chi connectivity index (χ0) is 42.6. The first kappa shape index (κ1) is 44.8. The number of benzene rings is 3. The summed E-state index contributed by atoms with van der Waals surface area (Å²) in [5, 5.41) is 9.38. The van der Waals surface area contributed by atoms with Gasteiger partial charge in [-0.2, -0.15) is 10.2 Å². The fourth-order valence-corrected chi connectivity index (χ4v) is 9.34. The number of methoxy groups -OCH3 is 2. The van der Waals surface area contributed by atoms with Gasteiger partial charge in [-0.25, -0.2) is 9.79 Å². The van der Waals surface area contributed by atoms with Crippen molar-refractivity contribution in [1.29, 1.82) is 5.26 Å². The minimum atomic E-state index is -1.65. The molecule has 3 heterocycles. The van der Waals surface area contributed by atoms with Gasteiger partial charge >= 0.3 is 5.69 Å². The molecule has 0 radical (unpaired) electrons. The average molecular weight is 842 g/mol. The average Bonchev–Trinajstić information content (AvgIpc) is 3.66. The van der Waals surface area contributed by atoms with Crippen molar-refractivity contribution in [3.05, 3.63) is 118 Å². The van der Waals surface area contributed by atoms with Crippen LogP contribution in [0.4, 0.5) is 5.82 Å². The maximum Gasteiger partial charge on any atom is 0.351 e. The summed E-state index contributed by atoms with van der Waals surface area (Å²) in [6.45, 7) is 4.84. The van der Waals surface area contributed by atoms with E-state index in [2.05, 4.69) is 20.9 Å². The Kier molecular flexibility index (Phi) is 15.8. The van der Waals surface area contributed by atoms with Crippen LogP contribution in [-0.2, 0) is 28.9 Å². The van der Waals surface area contributed by atoms with E-state index in [0.29, 0.717) is 37.0 Å². The van der Waals surface area contributed by atoms with Crippen LogP contribution in [-0.4, -0.2) is 130 Å². The molecule has 320 valence electrons. The van der Waals surface area contributed by atoms with Crippen LogP contribution in [0.15, 0.2) is 101 Å². The topological polar surface area (TPSA) is 145 Å². The molecule has 1 aromatic heterocycles. The molecular formula is C44H56N7O8P. The summed E-state index contributed by atoms with van der Waals surface area (Å²) in [4.78, 5) is 28.9. The van der Waals surface area contributed by atoms with Gasteiger partial charge in [-0.3, -0.25) is 14.4 Å². The molecule has 6 rings (SSSR count). The molecule has 15 nitrogen and oxygen atoms in total. The fraction of sp³-hybridized carbons (Fsp3) is 0.455. The largest absolute Gasteiger partial charge is 0.497 e. The number of aliphatic imine (C=N–C) groups is 1. The van der Waals surface area contributed by atoms with Crippen LogP contribution in [0, 0.1) is 11.3 Å². The molecule has 3 aromatic carbocycles. The number of nitriles is 1. The first-order valence-electron chi connectivity index (χ1n) is 20.0. The summed E-state index contributed by atoms with van der Waals surface area (Å²) in [6.07, 6.45) is 0.141. The molecule has 16 heteroatoms. The van der Waals surface area contributed by atoms with Crippen LogP contribution in [0.25, 0.3) is 0 Å². The van der Waals surface area contributed by atoms with E-state index < -0.39 is 38.1 Å². The van der Waals surface area contributed by atoms with Gasteiger partial charge in [0.25, 0.3) is 0 Å². The Balaban J connectivity index is 1.39.